The number of imide groups is 1. The highest BCUT2D eigenvalue weighted by molar-refractivity contribution is 9.10. The molecule has 0 spiro atoms. The smallest absolute Gasteiger partial charge is 0.235 e. The zero-order valence-electron chi connectivity index (χ0n) is 17.2. The first-order chi connectivity index (χ1) is 14.1. The molecular formula is C22H24BrN3O3S. The topological polar surface area (TPSA) is 79.4 Å². The van der Waals surface area contributed by atoms with Gasteiger partial charge in [0.25, 0.3) is 0 Å². The van der Waals surface area contributed by atoms with Gasteiger partial charge in [0.15, 0.2) is 5.13 Å². The Kier molecular flexibility index (Phi) is 5.34. The number of amides is 3. The zero-order chi connectivity index (χ0) is 21.7. The van der Waals surface area contributed by atoms with Gasteiger partial charge in [-0.25, -0.2) is 4.98 Å². The first kappa shape index (κ1) is 21.2. The molecule has 1 aromatic heterocycles. The number of nitrogens with one attached hydrogen (secondary N) is 1. The monoisotopic (exact) mass is 489 g/mol. The molecule has 2 bridgehead atoms. The van der Waals surface area contributed by atoms with E-state index in [4.69, 9.17) is 0 Å². The fraction of sp³-hybridized carbons (Fsp3) is 0.455. The molecule has 2 fully saturated rings. The Morgan fingerprint density at radius 3 is 2.67 bits per heavy atom. The normalized spacial score (nSPS) is 24.9. The minimum absolute atomic E-state index is 0.0634. The molecule has 2 heterocycles. The lowest BCUT2D eigenvalue weighted by Crippen LogP contribution is -2.59. The summed E-state index contributed by atoms with van der Waals surface area (Å²) in [7, 11) is 0. The number of benzene rings is 1. The quantitative estimate of drug-likeness (QED) is 0.616. The molecule has 1 saturated heterocycles. The van der Waals surface area contributed by atoms with Crippen molar-refractivity contribution in [2.75, 3.05) is 11.9 Å². The number of nitrogens with zero attached hydrogens (tertiary/aromatic N) is 2. The Labute approximate surface area is 188 Å². The van der Waals surface area contributed by atoms with E-state index in [1.807, 2.05) is 50.4 Å². The number of halogens is 1. The van der Waals surface area contributed by atoms with Gasteiger partial charge in [-0.05, 0) is 30.4 Å². The number of aromatic nitrogens is 1. The summed E-state index contributed by atoms with van der Waals surface area (Å²) < 4.78 is 0.988. The number of hydrogen-bond donors (Lipinski definition) is 1. The van der Waals surface area contributed by atoms with Gasteiger partial charge in [0.05, 0.1) is 11.1 Å². The van der Waals surface area contributed by atoms with Gasteiger partial charge in [0.1, 0.15) is 0 Å². The molecular weight excluding hydrogens is 466 g/mol. The summed E-state index contributed by atoms with van der Waals surface area (Å²) >= 11 is 4.76. The van der Waals surface area contributed by atoms with Gasteiger partial charge in [-0.3, -0.25) is 19.3 Å². The van der Waals surface area contributed by atoms with Crippen LogP contribution in [0.25, 0.3) is 11.3 Å². The number of carbonyl (C=O) groups is 3. The van der Waals surface area contributed by atoms with Gasteiger partial charge >= 0.3 is 0 Å². The maximum Gasteiger partial charge on any atom is 0.235 e. The van der Waals surface area contributed by atoms with Crippen LogP contribution in [0, 0.1) is 16.7 Å². The molecule has 1 aromatic carbocycles. The number of hydrogen-bond acceptors (Lipinski definition) is 5. The third-order valence-electron chi connectivity index (χ3n) is 6.96. The minimum atomic E-state index is -0.545. The van der Waals surface area contributed by atoms with Gasteiger partial charge in [-0.15, -0.1) is 11.3 Å². The SMILES string of the molecule is CC12CCC(C(=O)N(CCC(=O)Nc3nc(-c4ccc(Br)cc4)cs3)C1=O)C2(C)C. The molecule has 158 valence electrons. The van der Waals surface area contributed by atoms with Crippen molar-refractivity contribution in [1.29, 1.82) is 0 Å². The van der Waals surface area contributed by atoms with Crippen LogP contribution in [-0.2, 0) is 14.4 Å². The Morgan fingerprint density at radius 1 is 1.27 bits per heavy atom. The molecule has 2 aliphatic rings. The van der Waals surface area contributed by atoms with E-state index in [-0.39, 0.29) is 42.0 Å². The highest BCUT2D eigenvalue weighted by Crippen LogP contribution is 2.60. The molecule has 1 aliphatic heterocycles. The van der Waals surface area contributed by atoms with Crippen LogP contribution < -0.4 is 5.32 Å². The van der Waals surface area contributed by atoms with Crippen molar-refractivity contribution in [3.05, 3.63) is 34.1 Å². The van der Waals surface area contributed by atoms with Gasteiger partial charge in [-0.2, -0.15) is 0 Å². The van der Waals surface area contributed by atoms with Crippen LogP contribution in [0.15, 0.2) is 34.1 Å². The van der Waals surface area contributed by atoms with Crippen LogP contribution in [0.5, 0.6) is 0 Å². The Hall–Kier alpha value is -2.06. The number of rotatable bonds is 5. The average molecular weight is 490 g/mol. The molecule has 4 rings (SSSR count). The van der Waals surface area contributed by atoms with Crippen molar-refractivity contribution >= 4 is 50.1 Å². The second-order valence-corrected chi connectivity index (χ2v) is 10.6. The van der Waals surface area contributed by atoms with E-state index < -0.39 is 5.41 Å². The number of carbonyl (C=O) groups excluding carboxylic acids is 3. The summed E-state index contributed by atoms with van der Waals surface area (Å²) in [5, 5.41) is 5.17. The van der Waals surface area contributed by atoms with Crippen molar-refractivity contribution in [3.63, 3.8) is 0 Å². The lowest BCUT2D eigenvalue weighted by molar-refractivity contribution is -0.167. The van der Waals surface area contributed by atoms with Gasteiger partial charge in [-0.1, -0.05) is 48.8 Å². The summed E-state index contributed by atoms with van der Waals surface area (Å²) in [5.74, 6) is -0.698. The van der Waals surface area contributed by atoms with E-state index in [0.29, 0.717) is 5.13 Å². The van der Waals surface area contributed by atoms with Crippen LogP contribution in [-0.4, -0.2) is 34.2 Å². The number of fused-ring (bicyclic) bond motifs is 2. The Balaban J connectivity index is 1.38. The molecule has 2 aromatic rings. The first-order valence-electron chi connectivity index (χ1n) is 10.0. The third-order valence-corrected chi connectivity index (χ3v) is 8.25. The number of likely N-dealkylation sites (tertiary alicyclic amines) is 1. The predicted octanol–water partition coefficient (Wildman–Crippen LogP) is 4.71. The summed E-state index contributed by atoms with van der Waals surface area (Å²) in [6, 6.07) is 7.78. The molecule has 1 aliphatic carbocycles. The number of thiazole rings is 1. The van der Waals surface area contributed by atoms with Crippen molar-refractivity contribution in [2.45, 2.75) is 40.0 Å². The van der Waals surface area contributed by atoms with Crippen LogP contribution in [0.1, 0.15) is 40.0 Å². The Bertz CT molecular complexity index is 1020. The van der Waals surface area contributed by atoms with E-state index in [9.17, 15) is 14.4 Å². The lowest BCUT2D eigenvalue weighted by Gasteiger charge is -2.47. The third kappa shape index (κ3) is 3.39. The number of anilines is 1. The molecule has 3 amide bonds. The molecule has 6 nitrogen and oxygen atoms in total. The second kappa shape index (κ2) is 7.57. The highest BCUT2D eigenvalue weighted by atomic mass is 79.9. The van der Waals surface area contributed by atoms with Crippen LogP contribution in [0.2, 0.25) is 0 Å². The van der Waals surface area contributed by atoms with Crippen molar-refractivity contribution < 1.29 is 14.4 Å². The van der Waals surface area contributed by atoms with E-state index in [0.717, 1.165) is 28.6 Å². The minimum Gasteiger partial charge on any atom is -0.302 e. The molecule has 2 unspecified atom stereocenters. The average Bonchev–Trinajstić information content (AvgIpc) is 3.22. The van der Waals surface area contributed by atoms with E-state index in [1.54, 1.807) is 0 Å². The van der Waals surface area contributed by atoms with Crippen molar-refractivity contribution in [1.82, 2.24) is 9.88 Å². The molecule has 0 radical (unpaired) electrons. The summed E-state index contributed by atoms with van der Waals surface area (Å²) in [6.45, 7) is 6.08. The maximum atomic E-state index is 13.0. The standard InChI is InChI=1S/C22H24BrN3O3S/c1-21(2)15-8-10-22(21,3)19(29)26(18(15)28)11-9-17(27)25-20-24-16(12-30-20)13-4-6-14(23)7-5-13/h4-7,12,15H,8-11H2,1-3H3,(H,24,25,27). The summed E-state index contributed by atoms with van der Waals surface area (Å²) in [6.07, 6.45) is 1.51. The Morgan fingerprint density at radius 2 is 1.97 bits per heavy atom. The van der Waals surface area contributed by atoms with E-state index in [2.05, 4.69) is 26.2 Å². The summed E-state index contributed by atoms with van der Waals surface area (Å²) in [4.78, 5) is 44.1. The highest BCUT2D eigenvalue weighted by Gasteiger charge is 2.64. The van der Waals surface area contributed by atoms with Crippen molar-refractivity contribution in [2.24, 2.45) is 16.7 Å². The summed E-state index contributed by atoms with van der Waals surface area (Å²) in [5.41, 5.74) is 0.864. The molecule has 8 heteroatoms. The van der Waals surface area contributed by atoms with Gasteiger partial charge in [0.2, 0.25) is 17.7 Å². The van der Waals surface area contributed by atoms with E-state index >= 15 is 0 Å². The zero-order valence-corrected chi connectivity index (χ0v) is 19.6. The van der Waals surface area contributed by atoms with E-state index in [1.165, 1.54) is 16.2 Å². The van der Waals surface area contributed by atoms with Gasteiger partial charge in [0, 0.05) is 34.3 Å². The van der Waals surface area contributed by atoms with Crippen LogP contribution in [0.4, 0.5) is 5.13 Å². The predicted molar refractivity (Wildman–Crippen MR) is 120 cm³/mol. The maximum absolute atomic E-state index is 13.0. The van der Waals surface area contributed by atoms with Gasteiger partial charge < -0.3 is 5.32 Å². The molecule has 1 saturated carbocycles. The lowest BCUT2D eigenvalue weighted by atomic mass is 9.62. The largest absolute Gasteiger partial charge is 0.302 e. The van der Waals surface area contributed by atoms with Crippen LogP contribution in [0.3, 0.4) is 0 Å². The molecule has 30 heavy (non-hydrogen) atoms. The fourth-order valence-corrected chi connectivity index (χ4v) is 5.59. The second-order valence-electron chi connectivity index (χ2n) is 8.78. The van der Waals surface area contributed by atoms with Crippen molar-refractivity contribution in [3.8, 4) is 11.3 Å². The first-order valence-corrected chi connectivity index (χ1v) is 11.7. The molecule has 1 N–H and O–H groups in total. The fourth-order valence-electron chi connectivity index (χ4n) is 4.59. The van der Waals surface area contributed by atoms with Crippen LogP contribution >= 0.6 is 27.3 Å². The number of piperidine rings is 1. The molecule has 2 atom stereocenters.